The summed E-state index contributed by atoms with van der Waals surface area (Å²) in [5, 5.41) is 3.37. The molecule has 2 saturated carbocycles. The molecule has 15 heavy (non-hydrogen) atoms. The van der Waals surface area contributed by atoms with Crippen LogP contribution in [0.2, 0.25) is 0 Å². The predicted octanol–water partition coefficient (Wildman–Crippen LogP) is 1.03. The molecule has 0 aromatic carbocycles. The van der Waals surface area contributed by atoms with E-state index in [0.717, 1.165) is 19.5 Å². The van der Waals surface area contributed by atoms with Crippen LogP contribution in [0.4, 0.5) is 0 Å². The number of carbonyl (C=O) groups is 1. The van der Waals surface area contributed by atoms with Gasteiger partial charge in [0.15, 0.2) is 0 Å². The Hall–Kier alpha value is -0.280. The molecule has 1 aliphatic heterocycles. The minimum Gasteiger partial charge on any atom is -0.343 e. The number of carbonyl (C=O) groups excluding carboxylic acids is 1. The summed E-state index contributed by atoms with van der Waals surface area (Å²) in [6, 6.07) is 0.578. The zero-order valence-corrected chi connectivity index (χ0v) is 9.98. The van der Waals surface area contributed by atoms with Crippen LogP contribution in [0.5, 0.6) is 0 Å². The Balaban J connectivity index is 0.000000853. The van der Waals surface area contributed by atoms with E-state index < -0.39 is 0 Å². The number of halogens is 1. The molecule has 0 radical (unpaired) electrons. The van der Waals surface area contributed by atoms with Crippen molar-refractivity contribution >= 4 is 18.3 Å². The lowest BCUT2D eigenvalue weighted by atomic mass is 10.0. The van der Waals surface area contributed by atoms with Gasteiger partial charge in [0, 0.05) is 25.6 Å². The van der Waals surface area contributed by atoms with E-state index in [9.17, 15) is 4.79 Å². The van der Waals surface area contributed by atoms with Gasteiger partial charge in [0.2, 0.25) is 5.91 Å². The quantitative estimate of drug-likeness (QED) is 0.769. The van der Waals surface area contributed by atoms with Crippen LogP contribution < -0.4 is 5.32 Å². The molecular formula is C11H19ClN2O. The standard InChI is InChI=1S/C11H18N2O.ClH/c1-13(8-2-3-8)10(14)9-6-11(9)4-5-12-7-11;/h8-9,12H,2-7H2,1H3;1H. The average molecular weight is 231 g/mol. The number of rotatable bonds is 2. The van der Waals surface area contributed by atoms with E-state index in [-0.39, 0.29) is 12.4 Å². The number of hydrogen-bond acceptors (Lipinski definition) is 2. The molecule has 2 aliphatic carbocycles. The first kappa shape index (κ1) is 11.2. The Morgan fingerprint density at radius 3 is 2.73 bits per heavy atom. The normalized spacial score (nSPS) is 37.5. The van der Waals surface area contributed by atoms with Crippen LogP contribution in [-0.2, 0) is 4.79 Å². The minimum absolute atomic E-state index is 0. The maximum absolute atomic E-state index is 12.0. The Morgan fingerprint density at radius 1 is 1.47 bits per heavy atom. The molecule has 2 atom stereocenters. The summed E-state index contributed by atoms with van der Waals surface area (Å²) in [5.74, 6) is 0.763. The van der Waals surface area contributed by atoms with E-state index in [1.54, 1.807) is 0 Å². The van der Waals surface area contributed by atoms with Gasteiger partial charge in [-0.3, -0.25) is 4.79 Å². The highest BCUT2D eigenvalue weighted by Crippen LogP contribution is 2.57. The number of nitrogens with one attached hydrogen (secondary N) is 1. The van der Waals surface area contributed by atoms with Crippen molar-refractivity contribution in [1.29, 1.82) is 0 Å². The fourth-order valence-corrected chi connectivity index (χ4v) is 2.82. The van der Waals surface area contributed by atoms with Gasteiger partial charge in [-0.2, -0.15) is 0 Å². The zero-order valence-electron chi connectivity index (χ0n) is 9.16. The Kier molecular flexibility index (Phi) is 2.72. The van der Waals surface area contributed by atoms with Gasteiger partial charge in [-0.15, -0.1) is 12.4 Å². The molecular weight excluding hydrogens is 212 g/mol. The summed E-state index contributed by atoms with van der Waals surface area (Å²) < 4.78 is 0. The molecule has 1 heterocycles. The second-order valence-corrected chi connectivity index (χ2v) is 5.23. The Bertz CT molecular complexity index is 272. The van der Waals surface area contributed by atoms with Gasteiger partial charge in [-0.05, 0) is 37.6 Å². The predicted molar refractivity (Wildman–Crippen MR) is 61.1 cm³/mol. The van der Waals surface area contributed by atoms with Gasteiger partial charge in [0.05, 0.1) is 0 Å². The molecule has 1 amide bonds. The summed E-state index contributed by atoms with van der Waals surface area (Å²) in [7, 11) is 1.98. The van der Waals surface area contributed by atoms with Crippen LogP contribution in [0.25, 0.3) is 0 Å². The highest BCUT2D eigenvalue weighted by atomic mass is 35.5. The van der Waals surface area contributed by atoms with Crippen molar-refractivity contribution in [2.45, 2.75) is 31.7 Å². The molecule has 4 heteroatoms. The van der Waals surface area contributed by atoms with Crippen LogP contribution in [0.3, 0.4) is 0 Å². The van der Waals surface area contributed by atoms with Crippen LogP contribution in [0.15, 0.2) is 0 Å². The van der Waals surface area contributed by atoms with E-state index in [0.29, 0.717) is 23.3 Å². The van der Waals surface area contributed by atoms with Crippen molar-refractivity contribution in [3.8, 4) is 0 Å². The number of hydrogen-bond donors (Lipinski definition) is 1. The summed E-state index contributed by atoms with van der Waals surface area (Å²) >= 11 is 0. The molecule has 0 bridgehead atoms. The van der Waals surface area contributed by atoms with Crippen LogP contribution >= 0.6 is 12.4 Å². The monoisotopic (exact) mass is 230 g/mol. The molecule has 3 nitrogen and oxygen atoms in total. The second-order valence-electron chi connectivity index (χ2n) is 5.23. The van der Waals surface area contributed by atoms with Gasteiger partial charge >= 0.3 is 0 Å². The van der Waals surface area contributed by atoms with Gasteiger partial charge in [-0.1, -0.05) is 0 Å². The lowest BCUT2D eigenvalue weighted by Gasteiger charge is -2.17. The Labute approximate surface area is 97.0 Å². The first-order chi connectivity index (χ1) is 6.73. The highest BCUT2D eigenvalue weighted by Gasteiger charge is 2.60. The van der Waals surface area contributed by atoms with E-state index in [1.165, 1.54) is 19.3 Å². The Morgan fingerprint density at radius 2 is 2.20 bits per heavy atom. The topological polar surface area (TPSA) is 32.3 Å². The van der Waals surface area contributed by atoms with Crippen molar-refractivity contribution in [2.75, 3.05) is 20.1 Å². The second kappa shape index (κ2) is 3.63. The SMILES string of the molecule is CN(C(=O)C1CC12CCNC2)C1CC1.Cl. The third-order valence-corrected chi connectivity index (χ3v) is 4.21. The van der Waals surface area contributed by atoms with Crippen molar-refractivity contribution in [3.63, 3.8) is 0 Å². The van der Waals surface area contributed by atoms with Gasteiger partial charge < -0.3 is 10.2 Å². The lowest BCUT2D eigenvalue weighted by Crippen LogP contribution is -2.32. The first-order valence-electron chi connectivity index (χ1n) is 5.70. The third-order valence-electron chi connectivity index (χ3n) is 4.21. The summed E-state index contributed by atoms with van der Waals surface area (Å²) in [6.45, 7) is 2.18. The molecule has 86 valence electrons. The highest BCUT2D eigenvalue weighted by molar-refractivity contribution is 5.85. The summed E-state index contributed by atoms with van der Waals surface area (Å²) in [5.41, 5.74) is 0.375. The van der Waals surface area contributed by atoms with Crippen LogP contribution in [0.1, 0.15) is 25.7 Å². The van der Waals surface area contributed by atoms with E-state index in [4.69, 9.17) is 0 Å². The van der Waals surface area contributed by atoms with Crippen molar-refractivity contribution < 1.29 is 4.79 Å². The number of amides is 1. The van der Waals surface area contributed by atoms with E-state index in [2.05, 4.69) is 5.32 Å². The fourth-order valence-electron chi connectivity index (χ4n) is 2.82. The molecule has 2 unspecified atom stereocenters. The minimum atomic E-state index is 0. The van der Waals surface area contributed by atoms with Gasteiger partial charge in [-0.25, -0.2) is 0 Å². The van der Waals surface area contributed by atoms with Crippen molar-refractivity contribution in [3.05, 3.63) is 0 Å². The third kappa shape index (κ3) is 1.76. The molecule has 1 spiro atoms. The number of nitrogens with zero attached hydrogens (tertiary/aromatic N) is 1. The molecule has 3 fully saturated rings. The molecule has 0 aromatic heterocycles. The molecule has 3 aliphatic rings. The lowest BCUT2D eigenvalue weighted by molar-refractivity contribution is -0.132. The molecule has 1 N–H and O–H groups in total. The maximum Gasteiger partial charge on any atom is 0.226 e. The van der Waals surface area contributed by atoms with Crippen molar-refractivity contribution in [1.82, 2.24) is 10.2 Å². The zero-order chi connectivity index (χ0) is 9.76. The van der Waals surface area contributed by atoms with Crippen molar-refractivity contribution in [2.24, 2.45) is 11.3 Å². The molecule has 3 rings (SSSR count). The molecule has 0 aromatic rings. The molecule has 1 saturated heterocycles. The van der Waals surface area contributed by atoms with Crippen LogP contribution in [-0.4, -0.2) is 37.0 Å². The first-order valence-corrected chi connectivity index (χ1v) is 5.70. The van der Waals surface area contributed by atoms with Gasteiger partial charge in [0.1, 0.15) is 0 Å². The van der Waals surface area contributed by atoms with Gasteiger partial charge in [0.25, 0.3) is 0 Å². The summed E-state index contributed by atoms with van der Waals surface area (Å²) in [4.78, 5) is 14.0. The average Bonchev–Trinajstić information content (AvgIpc) is 3.03. The largest absolute Gasteiger partial charge is 0.343 e. The smallest absolute Gasteiger partial charge is 0.226 e. The van der Waals surface area contributed by atoms with Crippen LogP contribution in [0, 0.1) is 11.3 Å². The maximum atomic E-state index is 12.0. The van der Waals surface area contributed by atoms with E-state index >= 15 is 0 Å². The van der Waals surface area contributed by atoms with E-state index in [1.807, 2.05) is 11.9 Å². The summed E-state index contributed by atoms with van der Waals surface area (Å²) in [6.07, 6.45) is 4.79. The fraction of sp³-hybridized carbons (Fsp3) is 0.909.